The summed E-state index contributed by atoms with van der Waals surface area (Å²) < 4.78 is 38.1. The van der Waals surface area contributed by atoms with Crippen LogP contribution in [0.15, 0.2) is 0 Å². The van der Waals surface area contributed by atoms with Crippen LogP contribution in [0.1, 0.15) is 5.56 Å². The van der Waals surface area contributed by atoms with E-state index in [1.165, 1.54) is 6.92 Å². The van der Waals surface area contributed by atoms with Gasteiger partial charge in [0.05, 0.1) is 5.69 Å². The number of nitrogen functional groups attached to an aromatic ring is 1. The van der Waals surface area contributed by atoms with E-state index in [1.54, 1.807) is 0 Å². The van der Waals surface area contributed by atoms with Crippen LogP contribution in [0.3, 0.4) is 0 Å². The van der Waals surface area contributed by atoms with Gasteiger partial charge in [-0.2, -0.15) is 0 Å². The molecule has 1 aromatic rings. The average Bonchev–Trinajstić information content (AvgIpc) is 2.08. The molecular formula is C7H5ClF3N. The maximum Gasteiger partial charge on any atom is 0.183 e. The van der Waals surface area contributed by atoms with Crippen LogP contribution in [0.4, 0.5) is 18.9 Å². The number of hydrogen-bond acceptors (Lipinski definition) is 1. The number of rotatable bonds is 0. The zero-order valence-electron chi connectivity index (χ0n) is 6.09. The van der Waals surface area contributed by atoms with Gasteiger partial charge in [-0.15, -0.1) is 0 Å². The second kappa shape index (κ2) is 2.86. The van der Waals surface area contributed by atoms with Crippen molar-refractivity contribution in [2.75, 3.05) is 5.73 Å². The normalized spacial score (nSPS) is 10.4. The third kappa shape index (κ3) is 1.12. The van der Waals surface area contributed by atoms with E-state index in [2.05, 4.69) is 0 Å². The SMILES string of the molecule is Cc1c(N)c(F)c(F)c(Cl)c1F. The summed E-state index contributed by atoms with van der Waals surface area (Å²) in [6, 6.07) is 0. The van der Waals surface area contributed by atoms with Gasteiger partial charge in [0.1, 0.15) is 10.8 Å². The predicted octanol–water partition coefficient (Wildman–Crippen LogP) is 2.65. The van der Waals surface area contributed by atoms with E-state index in [-0.39, 0.29) is 5.56 Å². The van der Waals surface area contributed by atoms with E-state index in [0.717, 1.165) is 0 Å². The molecule has 0 heterocycles. The van der Waals surface area contributed by atoms with Crippen LogP contribution in [0.5, 0.6) is 0 Å². The lowest BCUT2D eigenvalue weighted by Gasteiger charge is -2.05. The van der Waals surface area contributed by atoms with E-state index in [0.29, 0.717) is 0 Å². The Balaban J connectivity index is 3.60. The van der Waals surface area contributed by atoms with Crippen LogP contribution in [0, 0.1) is 24.4 Å². The maximum atomic E-state index is 12.8. The highest BCUT2D eigenvalue weighted by Crippen LogP contribution is 2.29. The molecule has 66 valence electrons. The first-order valence-electron chi connectivity index (χ1n) is 3.04. The molecule has 0 amide bonds. The second-order valence-electron chi connectivity index (χ2n) is 2.29. The van der Waals surface area contributed by atoms with Gasteiger partial charge in [-0.1, -0.05) is 11.6 Å². The highest BCUT2D eigenvalue weighted by Gasteiger charge is 2.19. The maximum absolute atomic E-state index is 12.8. The summed E-state index contributed by atoms with van der Waals surface area (Å²) in [5.74, 6) is -3.77. The molecule has 0 aliphatic rings. The summed E-state index contributed by atoms with van der Waals surface area (Å²) in [6.45, 7) is 1.22. The smallest absolute Gasteiger partial charge is 0.183 e. The predicted molar refractivity (Wildman–Crippen MR) is 40.5 cm³/mol. The van der Waals surface area contributed by atoms with Gasteiger partial charge in [0.2, 0.25) is 0 Å². The summed E-state index contributed by atoms with van der Waals surface area (Å²) in [5.41, 5.74) is 4.31. The number of halogens is 4. The lowest BCUT2D eigenvalue weighted by molar-refractivity contribution is 0.496. The molecule has 0 saturated heterocycles. The van der Waals surface area contributed by atoms with E-state index < -0.39 is 28.2 Å². The standard InChI is InChI=1S/C7H5ClF3N/c1-2-4(9)3(8)5(10)6(11)7(2)12/h12H2,1H3. The molecule has 2 N–H and O–H groups in total. The minimum Gasteiger partial charge on any atom is -0.396 e. The number of benzene rings is 1. The van der Waals surface area contributed by atoms with Crippen molar-refractivity contribution in [1.82, 2.24) is 0 Å². The van der Waals surface area contributed by atoms with Gasteiger partial charge < -0.3 is 5.73 Å². The van der Waals surface area contributed by atoms with Crippen molar-refractivity contribution in [3.05, 3.63) is 28.0 Å². The van der Waals surface area contributed by atoms with Crippen LogP contribution in [0.25, 0.3) is 0 Å². The summed E-state index contributed by atoms with van der Waals surface area (Å²) in [4.78, 5) is 0. The first kappa shape index (κ1) is 9.19. The molecule has 12 heavy (non-hydrogen) atoms. The lowest BCUT2D eigenvalue weighted by atomic mass is 10.2. The molecule has 0 radical (unpaired) electrons. The third-order valence-corrected chi connectivity index (χ3v) is 1.88. The Kier molecular flexibility index (Phi) is 2.19. The Hall–Kier alpha value is -0.900. The topological polar surface area (TPSA) is 26.0 Å². The van der Waals surface area contributed by atoms with Gasteiger partial charge in [0, 0.05) is 5.56 Å². The van der Waals surface area contributed by atoms with Gasteiger partial charge in [-0.3, -0.25) is 0 Å². The highest BCUT2D eigenvalue weighted by molar-refractivity contribution is 6.31. The van der Waals surface area contributed by atoms with Crippen molar-refractivity contribution >= 4 is 17.3 Å². The molecule has 0 aliphatic carbocycles. The van der Waals surface area contributed by atoms with Gasteiger partial charge in [0.25, 0.3) is 0 Å². The molecule has 0 bridgehead atoms. The molecule has 1 aromatic carbocycles. The molecule has 0 fully saturated rings. The lowest BCUT2D eigenvalue weighted by Crippen LogP contribution is -2.02. The fourth-order valence-corrected chi connectivity index (χ4v) is 0.983. The fourth-order valence-electron chi connectivity index (χ4n) is 0.758. The summed E-state index contributed by atoms with van der Waals surface area (Å²) >= 11 is 5.11. The molecular weight excluding hydrogens is 191 g/mol. The molecule has 0 spiro atoms. The van der Waals surface area contributed by atoms with Crippen LogP contribution in [-0.2, 0) is 0 Å². The van der Waals surface area contributed by atoms with Gasteiger partial charge in [0.15, 0.2) is 11.6 Å². The second-order valence-corrected chi connectivity index (χ2v) is 2.67. The van der Waals surface area contributed by atoms with Gasteiger partial charge >= 0.3 is 0 Å². The van der Waals surface area contributed by atoms with Crippen molar-refractivity contribution in [2.45, 2.75) is 6.92 Å². The Morgan fingerprint density at radius 1 is 1.08 bits per heavy atom. The van der Waals surface area contributed by atoms with E-state index >= 15 is 0 Å². The average molecular weight is 196 g/mol. The number of nitrogens with two attached hydrogens (primary N) is 1. The van der Waals surface area contributed by atoms with Gasteiger partial charge in [-0.25, -0.2) is 13.2 Å². The summed E-state index contributed by atoms with van der Waals surface area (Å²) in [6.07, 6.45) is 0. The van der Waals surface area contributed by atoms with Crippen molar-refractivity contribution in [1.29, 1.82) is 0 Å². The Labute approximate surface area is 71.9 Å². The molecule has 5 heteroatoms. The molecule has 0 unspecified atom stereocenters. The first-order chi connectivity index (χ1) is 5.46. The third-order valence-electron chi connectivity index (χ3n) is 1.55. The molecule has 1 nitrogen and oxygen atoms in total. The zero-order chi connectivity index (χ0) is 9.46. The monoisotopic (exact) mass is 195 g/mol. The summed E-state index contributed by atoms with van der Waals surface area (Å²) in [7, 11) is 0. The fraction of sp³-hybridized carbons (Fsp3) is 0.143. The number of anilines is 1. The Bertz CT molecular complexity index is 233. The quantitative estimate of drug-likeness (QED) is 0.384. The molecule has 0 aliphatic heterocycles. The number of hydrogen-bond donors (Lipinski definition) is 1. The van der Waals surface area contributed by atoms with Crippen LogP contribution in [0.2, 0.25) is 5.02 Å². The van der Waals surface area contributed by atoms with Crippen molar-refractivity contribution in [3.63, 3.8) is 0 Å². The first-order valence-corrected chi connectivity index (χ1v) is 3.42. The Morgan fingerprint density at radius 2 is 1.58 bits per heavy atom. The van der Waals surface area contributed by atoms with Crippen LogP contribution in [-0.4, -0.2) is 0 Å². The largest absolute Gasteiger partial charge is 0.396 e. The van der Waals surface area contributed by atoms with Crippen molar-refractivity contribution < 1.29 is 13.2 Å². The van der Waals surface area contributed by atoms with Crippen LogP contribution < -0.4 is 5.73 Å². The van der Waals surface area contributed by atoms with E-state index in [9.17, 15) is 13.2 Å². The van der Waals surface area contributed by atoms with Crippen LogP contribution >= 0.6 is 11.6 Å². The molecule has 0 saturated carbocycles. The minimum atomic E-state index is -1.45. The van der Waals surface area contributed by atoms with Crippen molar-refractivity contribution in [3.8, 4) is 0 Å². The summed E-state index contributed by atoms with van der Waals surface area (Å²) in [5, 5.41) is -0.862. The minimum absolute atomic E-state index is 0.182. The molecule has 1 rings (SSSR count). The molecule has 0 atom stereocenters. The highest BCUT2D eigenvalue weighted by atomic mass is 35.5. The van der Waals surface area contributed by atoms with E-state index in [4.69, 9.17) is 17.3 Å². The zero-order valence-corrected chi connectivity index (χ0v) is 6.85. The van der Waals surface area contributed by atoms with Gasteiger partial charge in [-0.05, 0) is 6.92 Å². The van der Waals surface area contributed by atoms with Crippen molar-refractivity contribution in [2.24, 2.45) is 0 Å². The Morgan fingerprint density at radius 3 is 2.08 bits per heavy atom. The molecule has 0 aromatic heterocycles. The van der Waals surface area contributed by atoms with E-state index in [1.807, 2.05) is 0 Å².